The van der Waals surface area contributed by atoms with Crippen molar-refractivity contribution in [2.24, 2.45) is 0 Å². The number of carbonyl (C=O) groups is 2. The zero-order chi connectivity index (χ0) is 19.5. The monoisotopic (exact) mass is 378 g/mol. The van der Waals surface area contributed by atoms with Crippen molar-refractivity contribution in [1.82, 2.24) is 14.9 Å². The quantitative estimate of drug-likeness (QED) is 0.730. The molecule has 3 aromatic rings. The van der Waals surface area contributed by atoms with Crippen LogP contribution in [0.4, 0.5) is 5.69 Å². The van der Waals surface area contributed by atoms with E-state index in [9.17, 15) is 9.59 Å². The molecule has 0 unspecified atom stereocenters. The summed E-state index contributed by atoms with van der Waals surface area (Å²) < 4.78 is 5.93. The van der Waals surface area contributed by atoms with E-state index in [0.717, 1.165) is 23.7 Å². The van der Waals surface area contributed by atoms with Gasteiger partial charge in [0, 0.05) is 49.8 Å². The number of nitrogens with one attached hydrogen (secondary N) is 2. The average Bonchev–Trinajstić information content (AvgIpc) is 3.13. The van der Waals surface area contributed by atoms with E-state index in [2.05, 4.69) is 15.3 Å². The SMILES string of the molecule is CC(=O)Nc1ccc(OC2CCN(C(=O)c3cc4ccccc4[nH]3)CC2)nc1. The number of para-hydroxylation sites is 1. The summed E-state index contributed by atoms with van der Waals surface area (Å²) in [6.07, 6.45) is 3.10. The highest BCUT2D eigenvalue weighted by Crippen LogP contribution is 2.21. The first-order chi connectivity index (χ1) is 13.6. The van der Waals surface area contributed by atoms with E-state index in [-0.39, 0.29) is 17.9 Å². The van der Waals surface area contributed by atoms with Gasteiger partial charge in [-0.3, -0.25) is 9.59 Å². The Morgan fingerprint density at radius 1 is 1.18 bits per heavy atom. The van der Waals surface area contributed by atoms with Crippen molar-refractivity contribution in [2.45, 2.75) is 25.9 Å². The van der Waals surface area contributed by atoms with Gasteiger partial charge in [-0.2, -0.15) is 0 Å². The number of H-pyrrole nitrogens is 1. The molecule has 7 heteroatoms. The first-order valence-electron chi connectivity index (χ1n) is 9.36. The van der Waals surface area contributed by atoms with Gasteiger partial charge in [0.15, 0.2) is 0 Å². The number of carbonyl (C=O) groups excluding carboxylic acids is 2. The van der Waals surface area contributed by atoms with E-state index >= 15 is 0 Å². The fourth-order valence-corrected chi connectivity index (χ4v) is 3.43. The number of amides is 2. The topological polar surface area (TPSA) is 87.3 Å². The van der Waals surface area contributed by atoms with Crippen LogP contribution in [0.1, 0.15) is 30.3 Å². The number of nitrogens with zero attached hydrogens (tertiary/aromatic N) is 2. The Balaban J connectivity index is 1.32. The van der Waals surface area contributed by atoms with Gasteiger partial charge >= 0.3 is 0 Å². The molecule has 0 saturated carbocycles. The largest absolute Gasteiger partial charge is 0.474 e. The predicted octanol–water partition coefficient (Wildman–Crippen LogP) is 3.20. The summed E-state index contributed by atoms with van der Waals surface area (Å²) in [6, 6.07) is 13.3. The minimum Gasteiger partial charge on any atom is -0.474 e. The van der Waals surface area contributed by atoms with Crippen molar-refractivity contribution >= 4 is 28.4 Å². The lowest BCUT2D eigenvalue weighted by atomic mass is 10.1. The summed E-state index contributed by atoms with van der Waals surface area (Å²) >= 11 is 0. The van der Waals surface area contributed by atoms with Gasteiger partial charge < -0.3 is 19.9 Å². The van der Waals surface area contributed by atoms with E-state index < -0.39 is 0 Å². The minimum atomic E-state index is -0.137. The molecule has 2 amide bonds. The van der Waals surface area contributed by atoms with Crippen LogP contribution < -0.4 is 10.1 Å². The molecule has 3 heterocycles. The van der Waals surface area contributed by atoms with Crippen LogP contribution in [-0.2, 0) is 4.79 Å². The molecular formula is C21H22N4O3. The fourth-order valence-electron chi connectivity index (χ4n) is 3.43. The molecule has 0 atom stereocenters. The Bertz CT molecular complexity index is 955. The fraction of sp³-hybridized carbons (Fsp3) is 0.286. The van der Waals surface area contributed by atoms with Crippen LogP contribution in [0.2, 0.25) is 0 Å². The number of anilines is 1. The van der Waals surface area contributed by atoms with Crippen LogP contribution in [0.15, 0.2) is 48.7 Å². The maximum Gasteiger partial charge on any atom is 0.270 e. The van der Waals surface area contributed by atoms with Gasteiger partial charge in [0.2, 0.25) is 11.8 Å². The zero-order valence-electron chi connectivity index (χ0n) is 15.6. The molecule has 144 valence electrons. The maximum absolute atomic E-state index is 12.8. The molecule has 1 aliphatic rings. The van der Waals surface area contributed by atoms with E-state index in [1.807, 2.05) is 35.2 Å². The number of pyridine rings is 1. The molecule has 1 saturated heterocycles. The van der Waals surface area contributed by atoms with E-state index in [4.69, 9.17) is 4.74 Å². The highest BCUT2D eigenvalue weighted by atomic mass is 16.5. The Morgan fingerprint density at radius 2 is 1.96 bits per heavy atom. The summed E-state index contributed by atoms with van der Waals surface area (Å²) in [5, 5.41) is 3.71. The van der Waals surface area contributed by atoms with Crippen molar-refractivity contribution in [3.8, 4) is 5.88 Å². The predicted molar refractivity (Wildman–Crippen MR) is 106 cm³/mol. The third kappa shape index (κ3) is 3.98. The van der Waals surface area contributed by atoms with Gasteiger partial charge in [0.05, 0.1) is 11.9 Å². The number of aromatic nitrogens is 2. The second-order valence-electron chi connectivity index (χ2n) is 6.95. The van der Waals surface area contributed by atoms with Gasteiger partial charge in [-0.1, -0.05) is 18.2 Å². The third-order valence-corrected chi connectivity index (χ3v) is 4.83. The minimum absolute atomic E-state index is 0.0193. The van der Waals surface area contributed by atoms with Crippen LogP contribution in [0.25, 0.3) is 10.9 Å². The highest BCUT2D eigenvalue weighted by Gasteiger charge is 2.25. The molecule has 0 bridgehead atoms. The summed E-state index contributed by atoms with van der Waals surface area (Å²) in [7, 11) is 0. The van der Waals surface area contributed by atoms with Crippen LogP contribution in [-0.4, -0.2) is 45.9 Å². The van der Waals surface area contributed by atoms with Crippen molar-refractivity contribution in [1.29, 1.82) is 0 Å². The Labute approximate surface area is 162 Å². The lowest BCUT2D eigenvalue weighted by Crippen LogP contribution is -2.42. The number of aromatic amines is 1. The number of hydrogen-bond donors (Lipinski definition) is 2. The smallest absolute Gasteiger partial charge is 0.270 e. The van der Waals surface area contributed by atoms with E-state index in [1.54, 1.807) is 18.3 Å². The molecule has 0 aliphatic carbocycles. The first-order valence-corrected chi connectivity index (χ1v) is 9.36. The molecule has 0 radical (unpaired) electrons. The molecule has 4 rings (SSSR count). The third-order valence-electron chi connectivity index (χ3n) is 4.83. The summed E-state index contributed by atoms with van der Waals surface area (Å²) in [6.45, 7) is 2.74. The molecular weight excluding hydrogens is 356 g/mol. The second kappa shape index (κ2) is 7.72. The average molecular weight is 378 g/mol. The molecule has 2 aromatic heterocycles. The van der Waals surface area contributed by atoms with E-state index in [1.165, 1.54) is 6.92 Å². The first kappa shape index (κ1) is 18.0. The Morgan fingerprint density at radius 3 is 2.64 bits per heavy atom. The van der Waals surface area contributed by atoms with Gasteiger partial charge in [-0.25, -0.2) is 4.98 Å². The molecule has 1 fully saturated rings. The standard InChI is InChI=1S/C21H22N4O3/c1-14(26)23-16-6-7-20(22-13-16)28-17-8-10-25(11-9-17)21(27)19-12-15-4-2-3-5-18(15)24-19/h2-7,12-13,17,24H,8-11H2,1H3,(H,23,26). The number of ether oxygens (including phenoxy) is 1. The molecule has 1 aromatic carbocycles. The summed E-state index contributed by atoms with van der Waals surface area (Å²) in [4.78, 5) is 33.1. The van der Waals surface area contributed by atoms with Crippen molar-refractivity contribution in [3.05, 3.63) is 54.4 Å². The molecule has 7 nitrogen and oxygen atoms in total. The number of likely N-dealkylation sites (tertiary alicyclic amines) is 1. The van der Waals surface area contributed by atoms with Crippen LogP contribution in [0.3, 0.4) is 0 Å². The summed E-state index contributed by atoms with van der Waals surface area (Å²) in [5.41, 5.74) is 2.23. The van der Waals surface area contributed by atoms with Crippen molar-refractivity contribution in [2.75, 3.05) is 18.4 Å². The zero-order valence-corrected chi connectivity index (χ0v) is 15.6. The lowest BCUT2D eigenvalue weighted by Gasteiger charge is -2.31. The second-order valence-corrected chi connectivity index (χ2v) is 6.95. The Hall–Kier alpha value is -3.35. The molecule has 2 N–H and O–H groups in total. The number of piperidine rings is 1. The molecule has 28 heavy (non-hydrogen) atoms. The van der Waals surface area contributed by atoms with E-state index in [0.29, 0.717) is 30.4 Å². The van der Waals surface area contributed by atoms with Crippen LogP contribution >= 0.6 is 0 Å². The number of benzene rings is 1. The maximum atomic E-state index is 12.8. The molecule has 0 spiro atoms. The number of hydrogen-bond acceptors (Lipinski definition) is 4. The lowest BCUT2D eigenvalue weighted by molar-refractivity contribution is -0.114. The molecule has 1 aliphatic heterocycles. The van der Waals surface area contributed by atoms with Crippen LogP contribution in [0.5, 0.6) is 5.88 Å². The number of fused-ring (bicyclic) bond motifs is 1. The van der Waals surface area contributed by atoms with Gasteiger partial charge in [-0.05, 0) is 18.2 Å². The Kier molecular flexibility index (Phi) is 4.97. The highest BCUT2D eigenvalue weighted by molar-refractivity contribution is 5.98. The van der Waals surface area contributed by atoms with Crippen molar-refractivity contribution < 1.29 is 14.3 Å². The summed E-state index contributed by atoms with van der Waals surface area (Å²) in [5.74, 6) is 0.407. The normalized spacial score (nSPS) is 14.8. The van der Waals surface area contributed by atoms with Crippen LogP contribution in [0, 0.1) is 0 Å². The van der Waals surface area contributed by atoms with Gasteiger partial charge in [0.25, 0.3) is 5.91 Å². The van der Waals surface area contributed by atoms with Gasteiger partial charge in [-0.15, -0.1) is 0 Å². The van der Waals surface area contributed by atoms with Gasteiger partial charge in [0.1, 0.15) is 11.8 Å². The van der Waals surface area contributed by atoms with Crippen molar-refractivity contribution in [3.63, 3.8) is 0 Å². The number of rotatable bonds is 4.